The van der Waals surface area contributed by atoms with Gasteiger partial charge in [0.05, 0.1) is 31.5 Å². The van der Waals surface area contributed by atoms with Crippen molar-refractivity contribution in [1.82, 2.24) is 0 Å². The Balaban J connectivity index is 1.72. The van der Waals surface area contributed by atoms with Crippen LogP contribution in [0.25, 0.3) is 0 Å². The van der Waals surface area contributed by atoms with Crippen LogP contribution in [0.2, 0.25) is 0 Å². The second-order valence-electron chi connectivity index (χ2n) is 9.11. The maximum absolute atomic E-state index is 10.2. The molecule has 3 rings (SSSR count). The molecule has 176 valence electrons. The van der Waals surface area contributed by atoms with Gasteiger partial charge in [0.2, 0.25) is 0 Å². The molecule has 2 aromatic rings. The van der Waals surface area contributed by atoms with Gasteiger partial charge in [-0.2, -0.15) is 0 Å². The van der Waals surface area contributed by atoms with Gasteiger partial charge in [-0.05, 0) is 60.6 Å². The van der Waals surface area contributed by atoms with Crippen molar-refractivity contribution in [2.75, 3.05) is 13.2 Å². The van der Waals surface area contributed by atoms with Gasteiger partial charge in [0, 0.05) is 12.8 Å². The molecular weight excluding hydrogens is 404 g/mol. The van der Waals surface area contributed by atoms with Gasteiger partial charge < -0.3 is 24.8 Å². The highest BCUT2D eigenvalue weighted by Gasteiger charge is 2.30. The van der Waals surface area contributed by atoms with Gasteiger partial charge in [-0.1, -0.05) is 50.6 Å². The number of ether oxygens (including phenoxy) is 2. The average Bonchev–Trinajstić information content (AvgIpc) is 2.81. The monoisotopic (exact) mass is 442 g/mol. The lowest BCUT2D eigenvalue weighted by molar-refractivity contribution is -0.113. The molecule has 0 saturated carbocycles. The van der Waals surface area contributed by atoms with E-state index in [0.717, 1.165) is 37.0 Å². The van der Waals surface area contributed by atoms with Crippen LogP contribution in [-0.2, 0) is 11.2 Å². The van der Waals surface area contributed by atoms with Crippen LogP contribution < -0.4 is 4.74 Å². The van der Waals surface area contributed by atoms with E-state index >= 15 is 0 Å². The minimum Gasteiger partial charge on any atom is -0.485 e. The molecule has 1 fully saturated rings. The smallest absolute Gasteiger partial charge is 0.132 e. The van der Waals surface area contributed by atoms with Crippen molar-refractivity contribution in [1.29, 1.82) is 0 Å². The fourth-order valence-corrected chi connectivity index (χ4v) is 4.53. The summed E-state index contributed by atoms with van der Waals surface area (Å²) < 4.78 is 12.2. The number of hydrogen-bond donors (Lipinski definition) is 3. The quantitative estimate of drug-likeness (QED) is 0.506. The largest absolute Gasteiger partial charge is 0.485 e. The van der Waals surface area contributed by atoms with Gasteiger partial charge in [0.25, 0.3) is 0 Å². The Hall–Kier alpha value is -1.92. The molecule has 1 aliphatic rings. The van der Waals surface area contributed by atoms with Crippen LogP contribution in [0.4, 0.5) is 0 Å². The first-order valence-electron chi connectivity index (χ1n) is 11.8. The van der Waals surface area contributed by atoms with E-state index in [9.17, 15) is 15.3 Å². The SMILES string of the molecule is CCCC(CC)(CO)Oc1ccc(Cc2cc([C@H]3C[C@@H](O)C[C@@H](CO)O3)ccc2C)cc1. The molecule has 32 heavy (non-hydrogen) atoms. The van der Waals surface area contributed by atoms with E-state index in [1.165, 1.54) is 16.7 Å². The fraction of sp³-hybridized carbons (Fsp3) is 0.556. The van der Waals surface area contributed by atoms with E-state index in [1.807, 2.05) is 19.1 Å². The summed E-state index contributed by atoms with van der Waals surface area (Å²) in [5.74, 6) is 0.781. The third-order valence-corrected chi connectivity index (χ3v) is 6.62. The summed E-state index contributed by atoms with van der Waals surface area (Å²) in [6.45, 7) is 6.19. The molecular formula is C27H38O5. The summed E-state index contributed by atoms with van der Waals surface area (Å²) in [6, 6.07) is 14.4. The molecule has 3 N–H and O–H groups in total. The Bertz CT molecular complexity index is 844. The topological polar surface area (TPSA) is 79.2 Å². The molecule has 1 saturated heterocycles. The van der Waals surface area contributed by atoms with E-state index < -0.39 is 11.7 Å². The molecule has 2 aromatic carbocycles. The van der Waals surface area contributed by atoms with Crippen molar-refractivity contribution in [3.8, 4) is 5.75 Å². The number of rotatable bonds is 10. The minimum atomic E-state index is -0.516. The Morgan fingerprint density at radius 1 is 1.06 bits per heavy atom. The molecule has 4 atom stereocenters. The van der Waals surface area contributed by atoms with E-state index in [1.54, 1.807) is 0 Å². The van der Waals surface area contributed by atoms with Crippen LogP contribution in [0.1, 0.15) is 74.3 Å². The summed E-state index contributed by atoms with van der Waals surface area (Å²) in [5, 5.41) is 29.5. The lowest BCUT2D eigenvalue weighted by Gasteiger charge is -2.33. The number of aliphatic hydroxyl groups excluding tert-OH is 3. The van der Waals surface area contributed by atoms with Crippen LogP contribution in [-0.4, -0.2) is 46.3 Å². The van der Waals surface area contributed by atoms with Crippen molar-refractivity contribution >= 4 is 0 Å². The molecule has 0 amide bonds. The molecule has 1 unspecified atom stereocenters. The number of aliphatic hydroxyl groups is 3. The Morgan fingerprint density at radius 2 is 1.81 bits per heavy atom. The van der Waals surface area contributed by atoms with Gasteiger partial charge in [-0.15, -0.1) is 0 Å². The van der Waals surface area contributed by atoms with Gasteiger partial charge in [0.15, 0.2) is 0 Å². The fourth-order valence-electron chi connectivity index (χ4n) is 4.53. The molecule has 5 heteroatoms. The lowest BCUT2D eigenvalue weighted by Crippen LogP contribution is -2.39. The molecule has 1 aliphatic heterocycles. The summed E-state index contributed by atoms with van der Waals surface area (Å²) in [7, 11) is 0. The standard InChI is InChI=1S/C27H38O5/c1-4-12-27(5-2,18-29)32-24-10-7-20(8-11-24)13-22-14-21(9-6-19(22)3)26-16-23(30)15-25(17-28)31-26/h6-11,14,23,25-26,28-30H,4-5,12-13,15-18H2,1-3H3/t23-,25-,26+,27?/m0/s1. The maximum Gasteiger partial charge on any atom is 0.132 e. The van der Waals surface area contributed by atoms with Crippen molar-refractivity contribution in [3.63, 3.8) is 0 Å². The summed E-state index contributed by atoms with van der Waals surface area (Å²) in [5.41, 5.74) is 4.12. The highest BCUT2D eigenvalue weighted by molar-refractivity contribution is 5.38. The first kappa shape index (κ1) is 24.7. The molecule has 1 heterocycles. The highest BCUT2D eigenvalue weighted by atomic mass is 16.5. The Labute approximate surface area is 192 Å². The highest BCUT2D eigenvalue weighted by Crippen LogP contribution is 2.33. The van der Waals surface area contributed by atoms with E-state index in [-0.39, 0.29) is 25.4 Å². The Kier molecular flexibility index (Phi) is 8.72. The third kappa shape index (κ3) is 6.10. The van der Waals surface area contributed by atoms with E-state index in [0.29, 0.717) is 12.8 Å². The zero-order chi connectivity index (χ0) is 23.1. The lowest BCUT2D eigenvalue weighted by atomic mass is 9.92. The predicted molar refractivity (Wildman–Crippen MR) is 126 cm³/mol. The van der Waals surface area contributed by atoms with Crippen molar-refractivity contribution < 1.29 is 24.8 Å². The van der Waals surface area contributed by atoms with Gasteiger partial charge in [0.1, 0.15) is 11.4 Å². The van der Waals surface area contributed by atoms with Gasteiger partial charge in [-0.25, -0.2) is 0 Å². The molecule has 0 spiro atoms. The third-order valence-electron chi connectivity index (χ3n) is 6.62. The number of hydrogen-bond acceptors (Lipinski definition) is 5. The van der Waals surface area contributed by atoms with Crippen LogP contribution in [0.5, 0.6) is 5.75 Å². The predicted octanol–water partition coefficient (Wildman–Crippen LogP) is 4.48. The van der Waals surface area contributed by atoms with E-state index in [2.05, 4.69) is 44.2 Å². The van der Waals surface area contributed by atoms with E-state index in [4.69, 9.17) is 9.47 Å². The number of benzene rings is 2. The molecule has 5 nitrogen and oxygen atoms in total. The van der Waals surface area contributed by atoms with Gasteiger partial charge in [-0.3, -0.25) is 0 Å². The molecule has 0 aromatic heterocycles. The molecule has 0 radical (unpaired) electrons. The average molecular weight is 443 g/mol. The van der Waals surface area contributed by atoms with Crippen LogP contribution in [0.3, 0.4) is 0 Å². The first-order chi connectivity index (χ1) is 15.4. The van der Waals surface area contributed by atoms with Crippen LogP contribution in [0.15, 0.2) is 42.5 Å². The van der Waals surface area contributed by atoms with Crippen molar-refractivity contribution in [2.24, 2.45) is 0 Å². The molecule has 0 aliphatic carbocycles. The number of aryl methyl sites for hydroxylation is 1. The van der Waals surface area contributed by atoms with Crippen molar-refractivity contribution in [2.45, 2.75) is 83.2 Å². The zero-order valence-electron chi connectivity index (χ0n) is 19.6. The van der Waals surface area contributed by atoms with Gasteiger partial charge >= 0.3 is 0 Å². The summed E-state index contributed by atoms with van der Waals surface area (Å²) >= 11 is 0. The maximum atomic E-state index is 10.2. The second kappa shape index (κ2) is 11.3. The summed E-state index contributed by atoms with van der Waals surface area (Å²) in [6.07, 6.45) is 3.39. The zero-order valence-corrected chi connectivity index (χ0v) is 19.6. The summed E-state index contributed by atoms with van der Waals surface area (Å²) in [4.78, 5) is 0. The minimum absolute atomic E-state index is 0.0140. The Morgan fingerprint density at radius 3 is 2.44 bits per heavy atom. The molecule has 0 bridgehead atoms. The second-order valence-corrected chi connectivity index (χ2v) is 9.11. The van der Waals surface area contributed by atoms with Crippen LogP contribution in [0, 0.1) is 6.92 Å². The van der Waals surface area contributed by atoms with Crippen molar-refractivity contribution in [3.05, 3.63) is 64.7 Å². The van der Waals surface area contributed by atoms with Crippen LogP contribution >= 0.6 is 0 Å². The normalized spacial score (nSPS) is 23.0. The first-order valence-corrected chi connectivity index (χ1v) is 11.8.